The maximum absolute atomic E-state index is 11.6. The number of carbonyl (C=O) groups is 1. The zero-order valence-electron chi connectivity index (χ0n) is 11.4. The van der Waals surface area contributed by atoms with Crippen LogP contribution in [0.15, 0.2) is 28.7 Å². The molecule has 0 aromatic heterocycles. The van der Waals surface area contributed by atoms with Gasteiger partial charge < -0.3 is 9.47 Å². The highest BCUT2D eigenvalue weighted by molar-refractivity contribution is 9.10. The minimum atomic E-state index is -0.200. The highest BCUT2D eigenvalue weighted by Crippen LogP contribution is 2.13. The van der Waals surface area contributed by atoms with Gasteiger partial charge in [0.05, 0.1) is 19.8 Å². The summed E-state index contributed by atoms with van der Waals surface area (Å²) in [6.45, 7) is 4.49. The summed E-state index contributed by atoms with van der Waals surface area (Å²) < 4.78 is 11.1. The molecule has 0 spiro atoms. The highest BCUT2D eigenvalue weighted by atomic mass is 79.9. The van der Waals surface area contributed by atoms with Gasteiger partial charge in [-0.25, -0.2) is 0 Å². The Balaban J connectivity index is 2.60. The molecule has 0 bridgehead atoms. The number of nitrogens with zero attached hydrogens (tertiary/aromatic N) is 1. The summed E-state index contributed by atoms with van der Waals surface area (Å²) in [5.74, 6) is -0.200. The minimum absolute atomic E-state index is 0.200. The molecule has 106 valence electrons. The molecule has 1 aromatic carbocycles. The van der Waals surface area contributed by atoms with Gasteiger partial charge in [-0.1, -0.05) is 28.1 Å². The lowest BCUT2D eigenvalue weighted by Crippen LogP contribution is -2.33. The molecule has 0 saturated heterocycles. The Bertz CT molecular complexity index is 398. The average Bonchev–Trinajstić information content (AvgIpc) is 2.36. The maximum Gasteiger partial charge on any atom is 0.320 e. The van der Waals surface area contributed by atoms with Gasteiger partial charge in [0.25, 0.3) is 0 Å². The van der Waals surface area contributed by atoms with Crippen LogP contribution in [0.25, 0.3) is 0 Å². The summed E-state index contributed by atoms with van der Waals surface area (Å²) in [4.78, 5) is 13.6. The predicted molar refractivity (Wildman–Crippen MR) is 77.9 cm³/mol. The highest BCUT2D eigenvalue weighted by Gasteiger charge is 2.12. The first-order chi connectivity index (χ1) is 9.15. The van der Waals surface area contributed by atoms with E-state index in [1.807, 2.05) is 36.1 Å². The third-order valence-corrected chi connectivity index (χ3v) is 3.06. The molecule has 19 heavy (non-hydrogen) atoms. The largest absolute Gasteiger partial charge is 0.465 e. The first kappa shape index (κ1) is 16.1. The van der Waals surface area contributed by atoms with Crippen molar-refractivity contribution >= 4 is 21.9 Å². The quantitative estimate of drug-likeness (QED) is 0.687. The van der Waals surface area contributed by atoms with Crippen LogP contribution in [0.2, 0.25) is 0 Å². The number of benzene rings is 1. The van der Waals surface area contributed by atoms with Crippen molar-refractivity contribution < 1.29 is 14.3 Å². The van der Waals surface area contributed by atoms with Crippen LogP contribution >= 0.6 is 15.9 Å². The van der Waals surface area contributed by atoms with Crippen molar-refractivity contribution in [2.24, 2.45) is 0 Å². The third-order valence-electron chi connectivity index (χ3n) is 2.56. The Labute approximate surface area is 122 Å². The smallest absolute Gasteiger partial charge is 0.320 e. The van der Waals surface area contributed by atoms with Gasteiger partial charge in [0.2, 0.25) is 0 Å². The monoisotopic (exact) mass is 329 g/mol. The SMILES string of the molecule is CCOC(=O)CN(CCOC)Cc1cccc(Br)c1. The van der Waals surface area contributed by atoms with Crippen molar-refractivity contribution in [3.8, 4) is 0 Å². The normalized spacial score (nSPS) is 10.7. The number of hydrogen-bond donors (Lipinski definition) is 0. The predicted octanol–water partition coefficient (Wildman–Crippen LogP) is 2.46. The summed E-state index contributed by atoms with van der Waals surface area (Å²) >= 11 is 3.45. The lowest BCUT2D eigenvalue weighted by Gasteiger charge is -2.21. The number of rotatable bonds is 8. The van der Waals surface area contributed by atoms with E-state index in [0.717, 1.165) is 10.0 Å². The van der Waals surface area contributed by atoms with Crippen molar-refractivity contribution in [1.82, 2.24) is 4.90 Å². The number of carbonyl (C=O) groups excluding carboxylic acids is 1. The van der Waals surface area contributed by atoms with E-state index in [9.17, 15) is 4.79 Å². The summed E-state index contributed by atoms with van der Waals surface area (Å²) in [5, 5.41) is 0. The Morgan fingerprint density at radius 2 is 2.21 bits per heavy atom. The van der Waals surface area contributed by atoms with Crippen molar-refractivity contribution in [2.75, 3.05) is 33.4 Å². The van der Waals surface area contributed by atoms with Gasteiger partial charge in [-0.05, 0) is 24.6 Å². The van der Waals surface area contributed by atoms with E-state index >= 15 is 0 Å². The number of halogens is 1. The van der Waals surface area contributed by atoms with E-state index in [4.69, 9.17) is 9.47 Å². The molecule has 0 unspecified atom stereocenters. The fourth-order valence-corrected chi connectivity index (χ4v) is 2.16. The summed E-state index contributed by atoms with van der Waals surface area (Å²) in [5.41, 5.74) is 1.15. The lowest BCUT2D eigenvalue weighted by atomic mass is 10.2. The molecule has 0 heterocycles. The average molecular weight is 330 g/mol. The second-order valence-electron chi connectivity index (χ2n) is 4.14. The molecular formula is C14H20BrNO3. The van der Waals surface area contributed by atoms with Crippen molar-refractivity contribution in [1.29, 1.82) is 0 Å². The lowest BCUT2D eigenvalue weighted by molar-refractivity contribution is -0.144. The molecule has 5 heteroatoms. The molecule has 0 fully saturated rings. The Hall–Kier alpha value is -0.910. The summed E-state index contributed by atoms with van der Waals surface area (Å²) in [6, 6.07) is 8.05. The maximum atomic E-state index is 11.6. The topological polar surface area (TPSA) is 38.8 Å². The van der Waals surface area contributed by atoms with E-state index in [1.165, 1.54) is 0 Å². The van der Waals surface area contributed by atoms with E-state index < -0.39 is 0 Å². The molecule has 1 rings (SSSR count). The van der Waals surface area contributed by atoms with Crippen LogP contribution in [-0.4, -0.2) is 44.3 Å². The Morgan fingerprint density at radius 3 is 2.84 bits per heavy atom. The van der Waals surface area contributed by atoms with Gasteiger partial charge in [-0.3, -0.25) is 9.69 Å². The molecule has 0 aliphatic heterocycles. The van der Waals surface area contributed by atoms with Gasteiger partial charge in [0.1, 0.15) is 0 Å². The molecule has 0 aliphatic rings. The van der Waals surface area contributed by atoms with E-state index in [-0.39, 0.29) is 12.5 Å². The van der Waals surface area contributed by atoms with E-state index in [0.29, 0.717) is 26.3 Å². The number of methoxy groups -OCH3 is 1. The molecule has 1 aromatic rings. The number of ether oxygens (including phenoxy) is 2. The summed E-state index contributed by atoms with van der Waals surface area (Å²) in [6.07, 6.45) is 0. The Kier molecular flexibility index (Phi) is 7.70. The van der Waals surface area contributed by atoms with Crippen LogP contribution in [0.4, 0.5) is 0 Å². The van der Waals surface area contributed by atoms with Crippen molar-refractivity contribution in [2.45, 2.75) is 13.5 Å². The van der Waals surface area contributed by atoms with Crippen LogP contribution in [0.1, 0.15) is 12.5 Å². The van der Waals surface area contributed by atoms with Crippen LogP contribution in [0.5, 0.6) is 0 Å². The van der Waals surface area contributed by atoms with Crippen LogP contribution in [-0.2, 0) is 20.8 Å². The number of hydrogen-bond acceptors (Lipinski definition) is 4. The Morgan fingerprint density at radius 1 is 1.42 bits per heavy atom. The molecule has 0 atom stereocenters. The molecule has 0 radical (unpaired) electrons. The molecular weight excluding hydrogens is 310 g/mol. The van der Waals surface area contributed by atoms with E-state index in [2.05, 4.69) is 15.9 Å². The third kappa shape index (κ3) is 6.71. The molecule has 0 amide bonds. The van der Waals surface area contributed by atoms with Gasteiger partial charge in [-0.2, -0.15) is 0 Å². The van der Waals surface area contributed by atoms with Crippen LogP contribution in [0, 0.1) is 0 Å². The first-order valence-electron chi connectivity index (χ1n) is 6.27. The fraction of sp³-hybridized carbons (Fsp3) is 0.500. The first-order valence-corrected chi connectivity index (χ1v) is 7.06. The van der Waals surface area contributed by atoms with Gasteiger partial charge >= 0.3 is 5.97 Å². The van der Waals surface area contributed by atoms with Gasteiger partial charge in [0, 0.05) is 24.7 Å². The molecule has 4 nitrogen and oxygen atoms in total. The van der Waals surface area contributed by atoms with Crippen LogP contribution in [0.3, 0.4) is 0 Å². The van der Waals surface area contributed by atoms with E-state index in [1.54, 1.807) is 7.11 Å². The van der Waals surface area contributed by atoms with Gasteiger partial charge in [0.15, 0.2) is 0 Å². The van der Waals surface area contributed by atoms with Gasteiger partial charge in [-0.15, -0.1) is 0 Å². The second kappa shape index (κ2) is 9.07. The molecule has 0 saturated carbocycles. The van der Waals surface area contributed by atoms with Crippen molar-refractivity contribution in [3.05, 3.63) is 34.3 Å². The fourth-order valence-electron chi connectivity index (χ4n) is 1.72. The zero-order valence-corrected chi connectivity index (χ0v) is 13.0. The standard InChI is InChI=1S/C14H20BrNO3/c1-3-19-14(17)11-16(7-8-18-2)10-12-5-4-6-13(15)9-12/h4-6,9H,3,7-8,10-11H2,1-2H3. The molecule has 0 N–H and O–H groups in total. The minimum Gasteiger partial charge on any atom is -0.465 e. The van der Waals surface area contributed by atoms with Crippen LogP contribution < -0.4 is 0 Å². The van der Waals surface area contributed by atoms with Crippen molar-refractivity contribution in [3.63, 3.8) is 0 Å². The summed E-state index contributed by atoms with van der Waals surface area (Å²) in [7, 11) is 1.65. The number of esters is 1. The molecule has 0 aliphatic carbocycles. The second-order valence-corrected chi connectivity index (χ2v) is 5.05. The zero-order chi connectivity index (χ0) is 14.1.